The van der Waals surface area contributed by atoms with Crippen molar-refractivity contribution in [3.8, 4) is 0 Å². The van der Waals surface area contributed by atoms with Crippen LogP contribution in [0.25, 0.3) is 0 Å². The predicted molar refractivity (Wildman–Crippen MR) is 49.1 cm³/mol. The zero-order chi connectivity index (χ0) is 8.85. The fourth-order valence-electron chi connectivity index (χ4n) is 0.711. The molecule has 3 N–H and O–H groups in total. The summed E-state index contributed by atoms with van der Waals surface area (Å²) in [6.07, 6.45) is 1.66. The van der Waals surface area contributed by atoms with E-state index in [0.29, 0.717) is 11.7 Å². The van der Waals surface area contributed by atoms with E-state index in [2.05, 4.69) is 10.3 Å². The first-order chi connectivity index (χ1) is 5.06. The van der Waals surface area contributed by atoms with E-state index in [0.717, 1.165) is 0 Å². The summed E-state index contributed by atoms with van der Waals surface area (Å²) in [5, 5.41) is 2.90. The standard InChI is InChI=1S/C6H15N3OS/c1-5(4-11(3)10)9-6(7)8-2/h5H,4H2,1-3H3,(H3,7,8,9). The van der Waals surface area contributed by atoms with E-state index >= 15 is 0 Å². The Balaban J connectivity index is 3.69. The average Bonchev–Trinajstić information content (AvgIpc) is 1.85. The Hall–Kier alpha value is -0.580. The summed E-state index contributed by atoms with van der Waals surface area (Å²) in [7, 11) is 0.822. The van der Waals surface area contributed by atoms with Gasteiger partial charge < -0.3 is 11.1 Å². The maximum absolute atomic E-state index is 10.7. The quantitative estimate of drug-likeness (QED) is 0.442. The van der Waals surface area contributed by atoms with Crippen LogP contribution in [0.1, 0.15) is 6.92 Å². The van der Waals surface area contributed by atoms with Crippen molar-refractivity contribution in [2.45, 2.75) is 13.0 Å². The van der Waals surface area contributed by atoms with Crippen molar-refractivity contribution in [2.75, 3.05) is 19.1 Å². The molecule has 66 valence electrons. The van der Waals surface area contributed by atoms with Crippen molar-refractivity contribution < 1.29 is 4.21 Å². The molecule has 0 radical (unpaired) electrons. The normalized spacial score (nSPS) is 17.5. The molecule has 0 aromatic carbocycles. The lowest BCUT2D eigenvalue weighted by atomic mass is 10.4. The number of nitrogens with one attached hydrogen (secondary N) is 1. The molecule has 0 aliphatic carbocycles. The van der Waals surface area contributed by atoms with Gasteiger partial charge in [-0.15, -0.1) is 0 Å². The first kappa shape index (κ1) is 10.4. The lowest BCUT2D eigenvalue weighted by Crippen LogP contribution is -2.40. The van der Waals surface area contributed by atoms with Gasteiger partial charge in [-0.2, -0.15) is 0 Å². The number of aliphatic imine (C=N–C) groups is 1. The smallest absolute Gasteiger partial charge is 0.188 e. The van der Waals surface area contributed by atoms with Crippen LogP contribution in [0.3, 0.4) is 0 Å². The second-order valence-corrected chi connectivity index (χ2v) is 3.87. The Morgan fingerprint density at radius 1 is 1.82 bits per heavy atom. The molecule has 0 bridgehead atoms. The first-order valence-corrected chi connectivity index (χ1v) is 5.07. The van der Waals surface area contributed by atoms with Crippen molar-refractivity contribution in [3.63, 3.8) is 0 Å². The number of nitrogens with zero attached hydrogens (tertiary/aromatic N) is 1. The number of guanidine groups is 1. The summed E-state index contributed by atoms with van der Waals surface area (Å²) < 4.78 is 10.7. The van der Waals surface area contributed by atoms with Gasteiger partial charge in [-0.3, -0.25) is 9.20 Å². The highest BCUT2D eigenvalue weighted by Gasteiger charge is 2.03. The largest absolute Gasteiger partial charge is 0.370 e. The Morgan fingerprint density at radius 2 is 2.36 bits per heavy atom. The number of hydrogen-bond acceptors (Lipinski definition) is 2. The van der Waals surface area contributed by atoms with E-state index in [1.807, 2.05) is 6.92 Å². The van der Waals surface area contributed by atoms with Gasteiger partial charge in [0.2, 0.25) is 0 Å². The number of nitrogens with two attached hydrogens (primary N) is 1. The molecule has 4 nitrogen and oxygen atoms in total. The van der Waals surface area contributed by atoms with Crippen LogP contribution in [-0.4, -0.2) is 35.3 Å². The van der Waals surface area contributed by atoms with Gasteiger partial charge in [-0.05, 0) is 6.92 Å². The van der Waals surface area contributed by atoms with Gasteiger partial charge in [-0.25, -0.2) is 0 Å². The SMILES string of the molecule is CN=C(N)NC(C)CS(C)=O. The van der Waals surface area contributed by atoms with Crippen LogP contribution in [0.15, 0.2) is 4.99 Å². The van der Waals surface area contributed by atoms with Crippen molar-refractivity contribution in [2.24, 2.45) is 10.7 Å². The van der Waals surface area contributed by atoms with E-state index in [1.54, 1.807) is 13.3 Å². The topological polar surface area (TPSA) is 67.5 Å². The second-order valence-electron chi connectivity index (χ2n) is 2.39. The monoisotopic (exact) mass is 177 g/mol. The molecule has 2 atom stereocenters. The summed E-state index contributed by atoms with van der Waals surface area (Å²) in [6, 6.07) is 0.115. The minimum Gasteiger partial charge on any atom is -0.370 e. The number of rotatable bonds is 3. The summed E-state index contributed by atoms with van der Waals surface area (Å²) in [6.45, 7) is 1.92. The van der Waals surface area contributed by atoms with Crippen LogP contribution in [0.4, 0.5) is 0 Å². The molecule has 0 heterocycles. The molecular formula is C6H15N3OS. The Kier molecular flexibility index (Phi) is 4.85. The zero-order valence-corrected chi connectivity index (χ0v) is 7.94. The van der Waals surface area contributed by atoms with Crippen LogP contribution in [0.5, 0.6) is 0 Å². The molecule has 0 saturated heterocycles. The van der Waals surface area contributed by atoms with Crippen LogP contribution in [0.2, 0.25) is 0 Å². The zero-order valence-electron chi connectivity index (χ0n) is 7.13. The van der Waals surface area contributed by atoms with Crippen molar-refractivity contribution in [1.82, 2.24) is 5.32 Å². The van der Waals surface area contributed by atoms with Crippen molar-refractivity contribution in [3.05, 3.63) is 0 Å². The lowest BCUT2D eigenvalue weighted by molar-refractivity contribution is 0.670. The van der Waals surface area contributed by atoms with Gasteiger partial charge in [0, 0.05) is 35.9 Å². The van der Waals surface area contributed by atoms with Gasteiger partial charge in [0.05, 0.1) is 0 Å². The fourth-order valence-corrected chi connectivity index (χ4v) is 1.50. The third-order valence-corrected chi connectivity index (χ3v) is 2.09. The maximum atomic E-state index is 10.7. The highest BCUT2D eigenvalue weighted by Crippen LogP contribution is 1.84. The Bertz CT molecular complexity index is 169. The molecule has 2 unspecified atom stereocenters. The average molecular weight is 177 g/mol. The summed E-state index contributed by atoms with van der Waals surface area (Å²) in [5.41, 5.74) is 5.39. The molecule has 0 aromatic rings. The lowest BCUT2D eigenvalue weighted by Gasteiger charge is -2.11. The highest BCUT2D eigenvalue weighted by molar-refractivity contribution is 7.84. The minimum absolute atomic E-state index is 0.115. The van der Waals surface area contributed by atoms with Crippen molar-refractivity contribution in [1.29, 1.82) is 0 Å². The van der Waals surface area contributed by atoms with Gasteiger partial charge in [-0.1, -0.05) is 0 Å². The molecule has 0 rings (SSSR count). The molecule has 11 heavy (non-hydrogen) atoms. The summed E-state index contributed by atoms with van der Waals surface area (Å²) in [5.74, 6) is 0.985. The highest BCUT2D eigenvalue weighted by atomic mass is 32.2. The van der Waals surface area contributed by atoms with Gasteiger partial charge in [0.15, 0.2) is 5.96 Å². The van der Waals surface area contributed by atoms with Crippen LogP contribution in [0, 0.1) is 0 Å². The van der Waals surface area contributed by atoms with Crippen LogP contribution in [-0.2, 0) is 10.8 Å². The molecule has 0 fully saturated rings. The molecule has 5 heteroatoms. The minimum atomic E-state index is -0.787. The molecule has 0 spiro atoms. The Morgan fingerprint density at radius 3 is 2.73 bits per heavy atom. The molecule has 0 aliphatic rings. The Labute approximate surface area is 69.7 Å². The van der Waals surface area contributed by atoms with Gasteiger partial charge in [0.25, 0.3) is 0 Å². The molecular weight excluding hydrogens is 162 g/mol. The molecule has 0 amide bonds. The first-order valence-electron chi connectivity index (χ1n) is 3.35. The van der Waals surface area contributed by atoms with E-state index in [1.165, 1.54) is 0 Å². The summed E-state index contributed by atoms with van der Waals surface area (Å²) in [4.78, 5) is 3.72. The van der Waals surface area contributed by atoms with Crippen molar-refractivity contribution >= 4 is 16.8 Å². The second kappa shape index (κ2) is 5.12. The fraction of sp³-hybridized carbons (Fsp3) is 0.833. The van der Waals surface area contributed by atoms with Crippen LogP contribution < -0.4 is 11.1 Å². The van der Waals surface area contributed by atoms with Gasteiger partial charge >= 0.3 is 0 Å². The van der Waals surface area contributed by atoms with Crippen LogP contribution >= 0.6 is 0 Å². The molecule has 0 aliphatic heterocycles. The van der Waals surface area contributed by atoms with Gasteiger partial charge in [0.1, 0.15) is 0 Å². The third kappa shape index (κ3) is 5.84. The van der Waals surface area contributed by atoms with E-state index in [9.17, 15) is 4.21 Å². The predicted octanol–water partition coefficient (Wildman–Crippen LogP) is -0.712. The van der Waals surface area contributed by atoms with E-state index in [4.69, 9.17) is 5.73 Å². The van der Waals surface area contributed by atoms with E-state index in [-0.39, 0.29) is 6.04 Å². The summed E-state index contributed by atoms with van der Waals surface area (Å²) >= 11 is 0. The number of hydrogen-bond donors (Lipinski definition) is 2. The molecule has 0 aromatic heterocycles. The van der Waals surface area contributed by atoms with E-state index < -0.39 is 10.8 Å². The molecule has 0 saturated carbocycles. The maximum Gasteiger partial charge on any atom is 0.188 e. The third-order valence-electron chi connectivity index (χ3n) is 1.12.